The summed E-state index contributed by atoms with van der Waals surface area (Å²) in [5.41, 5.74) is -1.95. The third kappa shape index (κ3) is 5.04. The lowest BCUT2D eigenvalue weighted by Gasteiger charge is -2.32. The number of ether oxygens (including phenoxy) is 1. The Morgan fingerprint density at radius 3 is 2.43 bits per heavy atom. The van der Waals surface area contributed by atoms with E-state index >= 15 is 0 Å². The average molecular weight is 485 g/mol. The molecular formula is C22H15F4N7O2. The zero-order valence-corrected chi connectivity index (χ0v) is 17.8. The summed E-state index contributed by atoms with van der Waals surface area (Å²) >= 11 is 0. The molecule has 3 aromatic rings. The van der Waals surface area contributed by atoms with Crippen molar-refractivity contribution in [1.29, 1.82) is 5.26 Å². The number of benzene rings is 1. The Kier molecular flexibility index (Phi) is 6.34. The Bertz CT molecular complexity index is 1380. The van der Waals surface area contributed by atoms with Gasteiger partial charge in [-0.1, -0.05) is 6.07 Å². The first-order chi connectivity index (χ1) is 16.7. The summed E-state index contributed by atoms with van der Waals surface area (Å²) in [6.45, 7) is 7.67. The maximum absolute atomic E-state index is 14.0. The van der Waals surface area contributed by atoms with Gasteiger partial charge in [-0.2, -0.15) is 23.1 Å². The van der Waals surface area contributed by atoms with Crippen molar-refractivity contribution in [3.05, 3.63) is 75.5 Å². The molecule has 1 aliphatic heterocycles. The van der Waals surface area contributed by atoms with E-state index in [-0.39, 0.29) is 34.9 Å². The summed E-state index contributed by atoms with van der Waals surface area (Å²) in [5, 5.41) is 13.5. The number of hydrogen-bond acceptors (Lipinski definition) is 7. The molecule has 178 valence electrons. The highest BCUT2D eigenvalue weighted by Gasteiger charge is 2.32. The van der Waals surface area contributed by atoms with Gasteiger partial charge in [-0.3, -0.25) is 4.79 Å². The second-order valence-corrected chi connectivity index (χ2v) is 7.54. The maximum Gasteiger partial charge on any atom is 0.419 e. The molecule has 1 fully saturated rings. The van der Waals surface area contributed by atoms with Crippen molar-refractivity contribution in [2.45, 2.75) is 25.1 Å². The number of halogens is 4. The summed E-state index contributed by atoms with van der Waals surface area (Å²) < 4.78 is 58.7. The third-order valence-electron chi connectivity index (χ3n) is 5.28. The highest BCUT2D eigenvalue weighted by atomic mass is 19.4. The number of piperidine rings is 1. The Morgan fingerprint density at radius 1 is 1.17 bits per heavy atom. The van der Waals surface area contributed by atoms with Crippen LogP contribution in [0.4, 0.5) is 29.2 Å². The summed E-state index contributed by atoms with van der Waals surface area (Å²) in [6, 6.07) is 6.45. The van der Waals surface area contributed by atoms with Gasteiger partial charge >= 0.3 is 6.18 Å². The number of rotatable bonds is 4. The molecule has 0 amide bonds. The molecule has 0 bridgehead atoms. The van der Waals surface area contributed by atoms with E-state index in [2.05, 4.69) is 19.9 Å². The molecule has 0 N–H and O–H groups in total. The molecule has 1 saturated heterocycles. The Labute approximate surface area is 195 Å². The molecule has 0 spiro atoms. The fourth-order valence-electron chi connectivity index (χ4n) is 3.49. The molecule has 9 nitrogen and oxygen atoms in total. The van der Waals surface area contributed by atoms with Gasteiger partial charge in [0, 0.05) is 38.3 Å². The zero-order valence-electron chi connectivity index (χ0n) is 17.8. The average Bonchev–Trinajstić information content (AvgIpc) is 2.84. The molecule has 1 aliphatic rings. The molecule has 0 saturated carbocycles. The lowest BCUT2D eigenvalue weighted by molar-refractivity contribution is -0.138. The maximum atomic E-state index is 14.0. The Balaban J connectivity index is 1.46. The lowest BCUT2D eigenvalue weighted by atomic mass is 10.1. The van der Waals surface area contributed by atoms with Gasteiger partial charge in [0.05, 0.1) is 23.9 Å². The van der Waals surface area contributed by atoms with Gasteiger partial charge < -0.3 is 9.64 Å². The predicted octanol–water partition coefficient (Wildman–Crippen LogP) is 3.65. The summed E-state index contributed by atoms with van der Waals surface area (Å²) in [6.07, 6.45) is -2.59. The molecule has 0 atom stereocenters. The quantitative estimate of drug-likeness (QED) is 0.411. The van der Waals surface area contributed by atoms with Crippen molar-refractivity contribution >= 4 is 11.6 Å². The van der Waals surface area contributed by atoms with Crippen LogP contribution in [0.2, 0.25) is 0 Å². The van der Waals surface area contributed by atoms with E-state index in [9.17, 15) is 27.6 Å². The number of hydrogen-bond donors (Lipinski definition) is 0. The fourth-order valence-corrected chi connectivity index (χ4v) is 3.49. The number of alkyl halides is 3. The first-order valence-electron chi connectivity index (χ1n) is 10.2. The molecule has 13 heteroatoms. The summed E-state index contributed by atoms with van der Waals surface area (Å²) in [7, 11) is 0. The standard InChI is InChI=1S/C22H15F4N7O2/c1-28-17-3-2-14(8-16(17)23)33-20(34)9-19(18(10-27)31-33)35-15-4-6-32(7-5-15)21-29-11-13(12-30-21)22(24,25)26/h2-3,8-9,11-12,15H,4-7H2. The van der Waals surface area contributed by atoms with Gasteiger partial charge in [0.15, 0.2) is 5.75 Å². The van der Waals surface area contributed by atoms with E-state index in [4.69, 9.17) is 11.3 Å². The topological polar surface area (TPSA) is 101 Å². The number of nitrogens with zero attached hydrogens (tertiary/aromatic N) is 7. The monoisotopic (exact) mass is 485 g/mol. The van der Waals surface area contributed by atoms with E-state index < -0.39 is 23.1 Å². The van der Waals surface area contributed by atoms with E-state index in [1.807, 2.05) is 6.07 Å². The van der Waals surface area contributed by atoms with E-state index in [0.717, 1.165) is 29.2 Å². The molecule has 0 radical (unpaired) electrons. The molecule has 35 heavy (non-hydrogen) atoms. The van der Waals surface area contributed by atoms with Crippen LogP contribution in [0.5, 0.6) is 5.75 Å². The minimum absolute atomic E-state index is 0.0313. The second kappa shape index (κ2) is 9.38. The predicted molar refractivity (Wildman–Crippen MR) is 114 cm³/mol. The normalized spacial score (nSPS) is 14.3. The van der Waals surface area contributed by atoms with Gasteiger partial charge in [0.1, 0.15) is 18.0 Å². The Hall–Kier alpha value is -4.52. The highest BCUT2D eigenvalue weighted by Crippen LogP contribution is 2.29. The van der Waals surface area contributed by atoms with E-state index in [1.165, 1.54) is 12.1 Å². The van der Waals surface area contributed by atoms with Crippen LogP contribution in [0.1, 0.15) is 24.1 Å². The van der Waals surface area contributed by atoms with Crippen LogP contribution in [0, 0.1) is 23.7 Å². The van der Waals surface area contributed by atoms with Gasteiger partial charge in [-0.05, 0) is 12.1 Å². The number of aromatic nitrogens is 4. The first-order valence-corrected chi connectivity index (χ1v) is 10.2. The van der Waals surface area contributed by atoms with Crippen LogP contribution in [0.25, 0.3) is 10.5 Å². The van der Waals surface area contributed by atoms with Crippen LogP contribution < -0.4 is 15.2 Å². The fraction of sp³-hybridized carbons (Fsp3) is 0.273. The van der Waals surface area contributed by atoms with Crippen molar-refractivity contribution in [3.63, 3.8) is 0 Å². The van der Waals surface area contributed by atoms with Gasteiger partial charge in [-0.25, -0.2) is 19.2 Å². The molecule has 2 aromatic heterocycles. The van der Waals surface area contributed by atoms with Gasteiger partial charge in [-0.15, -0.1) is 5.10 Å². The molecule has 0 aliphatic carbocycles. The van der Waals surface area contributed by atoms with Crippen molar-refractivity contribution in [3.8, 4) is 17.5 Å². The summed E-state index contributed by atoms with van der Waals surface area (Å²) in [5.74, 6) is -0.694. The van der Waals surface area contributed by atoms with Crippen molar-refractivity contribution in [1.82, 2.24) is 19.7 Å². The van der Waals surface area contributed by atoms with Crippen LogP contribution in [0.3, 0.4) is 0 Å². The SMILES string of the molecule is [C-]#[N+]c1ccc(-n2nc(C#N)c(OC3CCN(c4ncc(C(F)(F)F)cn4)CC3)cc2=O)cc1F. The first kappa shape index (κ1) is 23.6. The highest BCUT2D eigenvalue weighted by molar-refractivity contribution is 5.51. The minimum atomic E-state index is -4.52. The molecule has 4 rings (SSSR count). The lowest BCUT2D eigenvalue weighted by Crippen LogP contribution is -2.39. The molecule has 0 unspecified atom stereocenters. The van der Waals surface area contributed by atoms with Crippen LogP contribution in [-0.4, -0.2) is 38.9 Å². The van der Waals surface area contributed by atoms with E-state index in [1.54, 1.807) is 4.90 Å². The third-order valence-corrected chi connectivity index (χ3v) is 5.28. The van der Waals surface area contributed by atoms with Crippen LogP contribution >= 0.6 is 0 Å². The van der Waals surface area contributed by atoms with Crippen molar-refractivity contribution in [2.24, 2.45) is 0 Å². The van der Waals surface area contributed by atoms with Crippen molar-refractivity contribution in [2.75, 3.05) is 18.0 Å². The summed E-state index contributed by atoms with van der Waals surface area (Å²) in [4.78, 5) is 24.9. The number of anilines is 1. The smallest absolute Gasteiger partial charge is 0.419 e. The molecule has 3 heterocycles. The van der Waals surface area contributed by atoms with E-state index in [0.29, 0.717) is 25.9 Å². The van der Waals surface area contributed by atoms with Crippen LogP contribution in [-0.2, 0) is 6.18 Å². The van der Waals surface area contributed by atoms with Crippen molar-refractivity contribution < 1.29 is 22.3 Å². The molecule has 1 aromatic carbocycles. The number of nitriles is 1. The minimum Gasteiger partial charge on any atom is -0.487 e. The Morgan fingerprint density at radius 2 is 1.86 bits per heavy atom. The van der Waals surface area contributed by atoms with Crippen LogP contribution in [0.15, 0.2) is 41.5 Å². The van der Waals surface area contributed by atoms with Gasteiger partial charge in [0.25, 0.3) is 5.56 Å². The zero-order chi connectivity index (χ0) is 25.2. The van der Waals surface area contributed by atoms with Gasteiger partial charge in [0.2, 0.25) is 17.3 Å². The second-order valence-electron chi connectivity index (χ2n) is 7.54. The molecular weight excluding hydrogens is 470 g/mol. The largest absolute Gasteiger partial charge is 0.487 e.